The van der Waals surface area contributed by atoms with E-state index in [1.54, 1.807) is 0 Å². The molecule has 1 aliphatic heterocycles. The third kappa shape index (κ3) is 2.03. The molecule has 0 unspecified atom stereocenters. The van der Waals surface area contributed by atoms with Crippen LogP contribution in [0.25, 0.3) is 0 Å². The summed E-state index contributed by atoms with van der Waals surface area (Å²) in [7, 11) is 0. The van der Waals surface area contributed by atoms with Gasteiger partial charge in [0.1, 0.15) is 6.29 Å². The minimum Gasteiger partial charge on any atom is -0.302 e. The topological polar surface area (TPSA) is 97.6 Å². The zero-order valence-corrected chi connectivity index (χ0v) is 16.7. The summed E-state index contributed by atoms with van der Waals surface area (Å²) < 4.78 is 0. The van der Waals surface area contributed by atoms with Crippen LogP contribution in [-0.4, -0.2) is 23.0 Å². The number of carbonyl (C=O) groups is 3. The van der Waals surface area contributed by atoms with Crippen LogP contribution in [0.3, 0.4) is 0 Å². The Morgan fingerprint density at radius 2 is 1.41 bits per heavy atom. The molecule has 7 nitrogen and oxygen atoms in total. The highest BCUT2D eigenvalue weighted by Crippen LogP contribution is 2.63. The molecule has 2 amide bonds. The lowest BCUT2D eigenvalue weighted by atomic mass is 9.48. The lowest BCUT2D eigenvalue weighted by Crippen LogP contribution is -2.54. The number of amides is 2. The normalized spacial score (nSPS) is 27.0. The fraction of sp³-hybridized carbons (Fsp3) is 0.160. The Hall–Kier alpha value is -4.13. The molecule has 2 bridgehead atoms. The molecule has 0 saturated carbocycles. The second-order valence-corrected chi connectivity index (χ2v) is 8.43. The molecule has 32 heavy (non-hydrogen) atoms. The summed E-state index contributed by atoms with van der Waals surface area (Å²) in [5.41, 5.74) is 2.22. The molecule has 3 aromatic rings. The lowest BCUT2D eigenvalue weighted by Gasteiger charge is -2.51. The monoisotopic (exact) mass is 424 g/mol. The Morgan fingerprint density at radius 3 is 1.94 bits per heavy atom. The van der Waals surface area contributed by atoms with Crippen LogP contribution in [0, 0.1) is 22.0 Å². The fourth-order valence-electron chi connectivity index (χ4n) is 6.01. The number of non-ortho nitro benzene ring substituents is 1. The van der Waals surface area contributed by atoms with E-state index >= 15 is 0 Å². The van der Waals surface area contributed by atoms with Gasteiger partial charge >= 0.3 is 0 Å². The molecule has 0 radical (unpaired) electrons. The number of hydrogen-bond donors (Lipinski definition) is 0. The summed E-state index contributed by atoms with van der Waals surface area (Å²) >= 11 is 0. The molecule has 1 fully saturated rings. The average Bonchev–Trinajstić information content (AvgIpc) is 3.10. The van der Waals surface area contributed by atoms with Crippen molar-refractivity contribution in [2.24, 2.45) is 11.8 Å². The minimum atomic E-state index is -1.26. The number of carbonyl (C=O) groups excluding carboxylic acids is 3. The van der Waals surface area contributed by atoms with Crippen LogP contribution < -0.4 is 4.90 Å². The molecule has 0 N–H and O–H groups in total. The van der Waals surface area contributed by atoms with Crippen molar-refractivity contribution in [1.82, 2.24) is 0 Å². The van der Waals surface area contributed by atoms with Gasteiger partial charge in [0.25, 0.3) is 5.69 Å². The third-order valence-electron chi connectivity index (χ3n) is 7.19. The van der Waals surface area contributed by atoms with Crippen molar-refractivity contribution in [2.45, 2.75) is 11.3 Å². The third-order valence-corrected chi connectivity index (χ3v) is 7.19. The summed E-state index contributed by atoms with van der Waals surface area (Å²) in [6.45, 7) is 0. The number of anilines is 1. The highest BCUT2D eigenvalue weighted by atomic mass is 16.6. The van der Waals surface area contributed by atoms with Crippen molar-refractivity contribution in [3.8, 4) is 0 Å². The minimum absolute atomic E-state index is 0.130. The van der Waals surface area contributed by atoms with Gasteiger partial charge in [0.05, 0.1) is 27.9 Å². The van der Waals surface area contributed by atoms with Crippen molar-refractivity contribution >= 4 is 29.5 Å². The number of aldehydes is 1. The summed E-state index contributed by atoms with van der Waals surface area (Å²) in [6, 6.07) is 20.4. The number of nitrogens with zero attached hydrogens (tertiary/aromatic N) is 2. The van der Waals surface area contributed by atoms with Gasteiger partial charge in [0, 0.05) is 18.1 Å². The maximum atomic E-state index is 13.8. The largest absolute Gasteiger partial charge is 0.302 e. The van der Waals surface area contributed by atoms with Crippen LogP contribution in [0.5, 0.6) is 0 Å². The first kappa shape index (κ1) is 18.6. The highest BCUT2D eigenvalue weighted by Gasteiger charge is 2.68. The summed E-state index contributed by atoms with van der Waals surface area (Å²) in [5.74, 6) is -2.75. The SMILES string of the molecule is O=CC12c3ccccc3C(c3ccccc31)[C@@H]1C(=O)N(c3ccc([N+](=O)[O-])cc3)C(=O)[C@@H]12. The Bertz CT molecular complexity index is 1300. The number of nitro groups is 1. The first-order valence-electron chi connectivity index (χ1n) is 10.3. The zero-order chi connectivity index (χ0) is 22.2. The van der Waals surface area contributed by atoms with E-state index in [0.717, 1.165) is 33.4 Å². The van der Waals surface area contributed by atoms with E-state index < -0.39 is 28.1 Å². The van der Waals surface area contributed by atoms with Crippen LogP contribution in [0.4, 0.5) is 11.4 Å². The molecule has 4 aliphatic rings. The van der Waals surface area contributed by atoms with E-state index in [4.69, 9.17) is 0 Å². The van der Waals surface area contributed by atoms with E-state index in [2.05, 4.69) is 0 Å². The molecule has 0 spiro atoms. The Kier molecular flexibility index (Phi) is 3.61. The molecular weight excluding hydrogens is 408 g/mol. The molecule has 1 heterocycles. The number of hydrogen-bond acceptors (Lipinski definition) is 5. The van der Waals surface area contributed by atoms with Crippen molar-refractivity contribution in [1.29, 1.82) is 0 Å². The average molecular weight is 424 g/mol. The number of rotatable bonds is 3. The van der Waals surface area contributed by atoms with Gasteiger partial charge < -0.3 is 4.79 Å². The standard InChI is InChI=1S/C25H16N2O5/c28-13-25-18-7-3-1-5-16(18)20(17-6-2-4-8-19(17)25)21-22(25)24(30)26(23(21)29)14-9-11-15(12-10-14)27(31)32/h1-13,20-22H/t20?,21-,22+,25?/m0/s1. The second-order valence-electron chi connectivity index (χ2n) is 8.43. The molecular formula is C25H16N2O5. The van der Waals surface area contributed by atoms with E-state index in [1.165, 1.54) is 24.3 Å². The van der Waals surface area contributed by atoms with Crippen molar-refractivity contribution < 1.29 is 19.3 Å². The Morgan fingerprint density at radius 1 is 0.844 bits per heavy atom. The predicted molar refractivity (Wildman–Crippen MR) is 114 cm³/mol. The van der Waals surface area contributed by atoms with Crippen molar-refractivity contribution in [2.75, 3.05) is 4.90 Å². The Balaban J connectivity index is 1.58. The van der Waals surface area contributed by atoms with Gasteiger partial charge in [-0.3, -0.25) is 19.7 Å². The number of nitro benzene ring substituents is 1. The maximum absolute atomic E-state index is 13.8. The molecule has 7 heteroatoms. The second kappa shape index (κ2) is 6.20. The van der Waals surface area contributed by atoms with Crippen LogP contribution in [0.15, 0.2) is 72.8 Å². The maximum Gasteiger partial charge on any atom is 0.269 e. The van der Waals surface area contributed by atoms with E-state index in [1.807, 2.05) is 48.5 Å². The van der Waals surface area contributed by atoms with Crippen LogP contribution >= 0.6 is 0 Å². The molecule has 2 atom stereocenters. The summed E-state index contributed by atoms with van der Waals surface area (Å²) in [4.78, 5) is 51.9. The molecule has 7 rings (SSSR count). The first-order valence-corrected chi connectivity index (χ1v) is 10.3. The van der Waals surface area contributed by atoms with Gasteiger partial charge in [-0.15, -0.1) is 0 Å². The van der Waals surface area contributed by atoms with E-state index in [0.29, 0.717) is 0 Å². The van der Waals surface area contributed by atoms with Crippen LogP contribution in [0.1, 0.15) is 28.2 Å². The van der Waals surface area contributed by atoms with Gasteiger partial charge in [-0.1, -0.05) is 48.5 Å². The van der Waals surface area contributed by atoms with Gasteiger partial charge in [0.15, 0.2) is 0 Å². The highest BCUT2D eigenvalue weighted by molar-refractivity contribution is 6.24. The quantitative estimate of drug-likeness (QED) is 0.278. The number of imide groups is 1. The van der Waals surface area contributed by atoms with Crippen LogP contribution in [-0.2, 0) is 19.8 Å². The zero-order valence-electron chi connectivity index (χ0n) is 16.7. The van der Waals surface area contributed by atoms with Crippen molar-refractivity contribution in [3.05, 3.63) is 105 Å². The van der Waals surface area contributed by atoms with Gasteiger partial charge in [-0.05, 0) is 34.4 Å². The van der Waals surface area contributed by atoms with Crippen molar-refractivity contribution in [3.63, 3.8) is 0 Å². The van der Waals surface area contributed by atoms with Gasteiger partial charge in [0.2, 0.25) is 11.8 Å². The van der Waals surface area contributed by atoms with Gasteiger partial charge in [-0.2, -0.15) is 0 Å². The van der Waals surface area contributed by atoms with Crippen LogP contribution in [0.2, 0.25) is 0 Å². The van der Waals surface area contributed by atoms with E-state index in [-0.39, 0.29) is 23.2 Å². The summed E-state index contributed by atoms with van der Waals surface area (Å²) in [6.07, 6.45) is 0.822. The molecule has 3 aliphatic carbocycles. The molecule has 3 aromatic carbocycles. The number of benzene rings is 3. The first-order chi connectivity index (χ1) is 15.5. The van der Waals surface area contributed by atoms with E-state index in [9.17, 15) is 24.5 Å². The molecule has 0 aromatic heterocycles. The smallest absolute Gasteiger partial charge is 0.269 e. The molecule has 156 valence electrons. The van der Waals surface area contributed by atoms with Gasteiger partial charge in [-0.25, -0.2) is 4.90 Å². The Labute approximate surface area is 182 Å². The predicted octanol–water partition coefficient (Wildman–Crippen LogP) is 3.34. The summed E-state index contributed by atoms with van der Waals surface area (Å²) in [5, 5.41) is 11.0. The molecule has 1 saturated heterocycles. The fourth-order valence-corrected chi connectivity index (χ4v) is 6.01. The lowest BCUT2D eigenvalue weighted by molar-refractivity contribution is -0.384.